The number of fused-ring (bicyclic) bond motifs is 1. The second-order valence-corrected chi connectivity index (χ2v) is 3.06. The summed E-state index contributed by atoms with van der Waals surface area (Å²) < 4.78 is 6.43. The van der Waals surface area contributed by atoms with E-state index in [1.165, 1.54) is 7.11 Å². The minimum atomic E-state index is -0.335. The molecule has 0 bridgehead atoms. The predicted octanol–water partition coefficient (Wildman–Crippen LogP) is 1.43. The summed E-state index contributed by atoms with van der Waals surface area (Å²) in [5.41, 5.74) is 2.28. The standard InChI is InChI=1S/C10H10N2O2/c1-7-5-12-6-8(10(13)14-2)3-4-9(12)11-7/h3-6H,1-2H3. The van der Waals surface area contributed by atoms with Crippen molar-refractivity contribution >= 4 is 11.6 Å². The molecule has 0 unspecified atom stereocenters. The third-order valence-electron chi connectivity index (χ3n) is 1.99. The Labute approximate surface area is 81.1 Å². The Hall–Kier alpha value is -1.84. The molecule has 0 aliphatic heterocycles. The molecule has 0 saturated carbocycles. The van der Waals surface area contributed by atoms with Crippen LogP contribution in [0.1, 0.15) is 16.1 Å². The van der Waals surface area contributed by atoms with Crippen molar-refractivity contribution < 1.29 is 9.53 Å². The van der Waals surface area contributed by atoms with E-state index in [1.807, 2.05) is 17.5 Å². The first-order valence-electron chi connectivity index (χ1n) is 4.24. The van der Waals surface area contributed by atoms with Crippen LogP contribution in [0, 0.1) is 6.92 Å². The molecule has 0 fully saturated rings. The topological polar surface area (TPSA) is 43.6 Å². The highest BCUT2D eigenvalue weighted by atomic mass is 16.5. The van der Waals surface area contributed by atoms with Gasteiger partial charge in [0, 0.05) is 12.4 Å². The molecule has 0 aliphatic rings. The van der Waals surface area contributed by atoms with Gasteiger partial charge in [-0.2, -0.15) is 0 Å². The molecule has 2 aromatic heterocycles. The van der Waals surface area contributed by atoms with Crippen molar-refractivity contribution in [3.63, 3.8) is 0 Å². The molecule has 0 amide bonds. The molecular formula is C10H10N2O2. The summed E-state index contributed by atoms with van der Waals surface area (Å²) in [6.07, 6.45) is 3.57. The fourth-order valence-electron chi connectivity index (χ4n) is 1.36. The van der Waals surface area contributed by atoms with Gasteiger partial charge in [-0.05, 0) is 19.1 Å². The molecule has 0 spiro atoms. The Bertz CT molecular complexity index is 488. The number of imidazole rings is 1. The maximum atomic E-state index is 11.2. The quantitative estimate of drug-likeness (QED) is 0.639. The largest absolute Gasteiger partial charge is 0.465 e. The third kappa shape index (κ3) is 1.35. The van der Waals surface area contributed by atoms with Crippen molar-refractivity contribution in [2.45, 2.75) is 6.92 Å². The summed E-state index contributed by atoms with van der Waals surface area (Å²) >= 11 is 0. The summed E-state index contributed by atoms with van der Waals surface area (Å²) in [4.78, 5) is 15.5. The van der Waals surface area contributed by atoms with Gasteiger partial charge >= 0.3 is 5.97 Å². The van der Waals surface area contributed by atoms with Crippen LogP contribution >= 0.6 is 0 Å². The number of ether oxygens (including phenoxy) is 1. The number of hydrogen-bond acceptors (Lipinski definition) is 3. The van der Waals surface area contributed by atoms with Crippen LogP contribution in [0.25, 0.3) is 5.65 Å². The van der Waals surface area contributed by atoms with E-state index in [2.05, 4.69) is 9.72 Å². The lowest BCUT2D eigenvalue weighted by atomic mass is 10.3. The number of methoxy groups -OCH3 is 1. The van der Waals surface area contributed by atoms with E-state index in [0.717, 1.165) is 11.3 Å². The van der Waals surface area contributed by atoms with E-state index >= 15 is 0 Å². The van der Waals surface area contributed by atoms with Crippen LogP contribution in [0.5, 0.6) is 0 Å². The minimum Gasteiger partial charge on any atom is -0.465 e. The number of carbonyl (C=O) groups is 1. The fraction of sp³-hybridized carbons (Fsp3) is 0.200. The lowest BCUT2D eigenvalue weighted by Gasteiger charge is -1.99. The molecule has 2 aromatic rings. The first kappa shape index (κ1) is 8.74. The Morgan fingerprint density at radius 3 is 2.93 bits per heavy atom. The molecule has 0 aromatic carbocycles. The smallest absolute Gasteiger partial charge is 0.339 e. The van der Waals surface area contributed by atoms with Gasteiger partial charge in [0.05, 0.1) is 18.4 Å². The molecule has 0 radical (unpaired) electrons. The van der Waals surface area contributed by atoms with Gasteiger partial charge in [-0.3, -0.25) is 0 Å². The third-order valence-corrected chi connectivity index (χ3v) is 1.99. The second-order valence-electron chi connectivity index (χ2n) is 3.06. The molecule has 0 atom stereocenters. The van der Waals surface area contributed by atoms with Crippen LogP contribution < -0.4 is 0 Å². The van der Waals surface area contributed by atoms with Gasteiger partial charge in [-0.25, -0.2) is 9.78 Å². The zero-order chi connectivity index (χ0) is 10.1. The minimum absolute atomic E-state index is 0.335. The summed E-state index contributed by atoms with van der Waals surface area (Å²) in [6.45, 7) is 1.91. The molecule has 0 aliphatic carbocycles. The van der Waals surface area contributed by atoms with Gasteiger partial charge in [-0.1, -0.05) is 0 Å². The number of rotatable bonds is 1. The second kappa shape index (κ2) is 3.14. The molecular weight excluding hydrogens is 180 g/mol. The summed E-state index contributed by atoms with van der Waals surface area (Å²) in [5.74, 6) is -0.335. The predicted molar refractivity (Wildman–Crippen MR) is 51.3 cm³/mol. The molecule has 4 heteroatoms. The highest BCUT2D eigenvalue weighted by molar-refractivity contribution is 5.89. The maximum Gasteiger partial charge on any atom is 0.339 e. The molecule has 72 valence electrons. The molecule has 0 N–H and O–H groups in total. The van der Waals surface area contributed by atoms with Crippen molar-refractivity contribution in [3.8, 4) is 0 Å². The normalized spacial score (nSPS) is 10.4. The number of aryl methyl sites for hydroxylation is 1. The maximum absolute atomic E-state index is 11.2. The molecule has 14 heavy (non-hydrogen) atoms. The van der Waals surface area contributed by atoms with Gasteiger partial charge in [0.1, 0.15) is 5.65 Å². The van der Waals surface area contributed by atoms with Gasteiger partial charge < -0.3 is 9.14 Å². The van der Waals surface area contributed by atoms with Crippen LogP contribution in [-0.4, -0.2) is 22.5 Å². The van der Waals surface area contributed by atoms with E-state index in [4.69, 9.17) is 0 Å². The number of pyridine rings is 1. The molecule has 0 saturated heterocycles. The molecule has 2 heterocycles. The lowest BCUT2D eigenvalue weighted by molar-refractivity contribution is 0.0600. The molecule has 2 rings (SSSR count). The monoisotopic (exact) mass is 190 g/mol. The number of nitrogens with zero attached hydrogens (tertiary/aromatic N) is 2. The number of esters is 1. The highest BCUT2D eigenvalue weighted by Crippen LogP contribution is 2.07. The van der Waals surface area contributed by atoms with Crippen molar-refractivity contribution in [3.05, 3.63) is 35.8 Å². The first-order chi connectivity index (χ1) is 6.70. The van der Waals surface area contributed by atoms with Gasteiger partial charge in [0.25, 0.3) is 0 Å². The Kier molecular flexibility index (Phi) is 1.96. The Balaban J connectivity index is 2.55. The number of hydrogen-bond donors (Lipinski definition) is 0. The van der Waals surface area contributed by atoms with Gasteiger partial charge in [-0.15, -0.1) is 0 Å². The van der Waals surface area contributed by atoms with Crippen LogP contribution in [0.3, 0.4) is 0 Å². The van der Waals surface area contributed by atoms with Crippen molar-refractivity contribution in [1.82, 2.24) is 9.38 Å². The van der Waals surface area contributed by atoms with E-state index in [9.17, 15) is 4.79 Å². The summed E-state index contributed by atoms with van der Waals surface area (Å²) in [7, 11) is 1.37. The lowest BCUT2D eigenvalue weighted by Crippen LogP contribution is -2.02. The zero-order valence-corrected chi connectivity index (χ0v) is 8.02. The Morgan fingerprint density at radius 1 is 1.43 bits per heavy atom. The summed E-state index contributed by atoms with van der Waals surface area (Å²) in [6, 6.07) is 3.49. The van der Waals surface area contributed by atoms with Crippen LogP contribution in [-0.2, 0) is 4.74 Å². The average molecular weight is 190 g/mol. The number of carbonyl (C=O) groups excluding carboxylic acids is 1. The Morgan fingerprint density at radius 2 is 2.21 bits per heavy atom. The van der Waals surface area contributed by atoms with E-state index in [-0.39, 0.29) is 5.97 Å². The average Bonchev–Trinajstić information content (AvgIpc) is 2.55. The van der Waals surface area contributed by atoms with E-state index in [0.29, 0.717) is 5.56 Å². The van der Waals surface area contributed by atoms with Crippen LogP contribution in [0.2, 0.25) is 0 Å². The van der Waals surface area contributed by atoms with Gasteiger partial charge in [0.15, 0.2) is 0 Å². The van der Waals surface area contributed by atoms with Crippen molar-refractivity contribution in [2.24, 2.45) is 0 Å². The van der Waals surface area contributed by atoms with Gasteiger partial charge in [0.2, 0.25) is 0 Å². The van der Waals surface area contributed by atoms with Crippen LogP contribution in [0.4, 0.5) is 0 Å². The number of aromatic nitrogens is 2. The van der Waals surface area contributed by atoms with Crippen LogP contribution in [0.15, 0.2) is 24.5 Å². The molecule has 4 nitrogen and oxygen atoms in total. The van der Waals surface area contributed by atoms with Crippen molar-refractivity contribution in [1.29, 1.82) is 0 Å². The highest BCUT2D eigenvalue weighted by Gasteiger charge is 2.06. The SMILES string of the molecule is COC(=O)c1ccc2nc(C)cn2c1. The zero-order valence-electron chi connectivity index (χ0n) is 8.02. The van der Waals surface area contributed by atoms with Crippen molar-refractivity contribution in [2.75, 3.05) is 7.11 Å². The fourth-order valence-corrected chi connectivity index (χ4v) is 1.36. The summed E-state index contributed by atoms with van der Waals surface area (Å²) in [5, 5.41) is 0. The van der Waals surface area contributed by atoms with E-state index < -0.39 is 0 Å². The van der Waals surface area contributed by atoms with E-state index in [1.54, 1.807) is 18.3 Å². The first-order valence-corrected chi connectivity index (χ1v) is 4.24.